The minimum absolute atomic E-state index is 0.402. The Morgan fingerprint density at radius 2 is 1.94 bits per heavy atom. The first-order chi connectivity index (χ1) is 7.79. The first kappa shape index (κ1) is 10.8. The normalized spacial score (nSPS) is 10.4. The zero-order valence-electron chi connectivity index (χ0n) is 9.27. The van der Waals surface area contributed by atoms with Gasteiger partial charge in [-0.3, -0.25) is 0 Å². The Labute approximate surface area is 94.8 Å². The fourth-order valence-electron chi connectivity index (χ4n) is 1.47. The maximum absolute atomic E-state index is 5.63. The highest BCUT2D eigenvalue weighted by molar-refractivity contribution is 5.27. The van der Waals surface area contributed by atoms with Crippen LogP contribution < -0.4 is 10.5 Å². The lowest BCUT2D eigenvalue weighted by Crippen LogP contribution is -2.01. The van der Waals surface area contributed by atoms with E-state index in [1.807, 2.05) is 37.3 Å². The average molecular weight is 217 g/mol. The van der Waals surface area contributed by atoms with Crippen molar-refractivity contribution in [3.8, 4) is 5.75 Å². The molecule has 2 N–H and O–H groups in total. The SMILES string of the molecule is Cc1ccc(OCc2ccoc2CN)cc1. The predicted octanol–water partition coefficient (Wildman–Crippen LogP) is 2.63. The molecule has 0 spiro atoms. The van der Waals surface area contributed by atoms with E-state index in [2.05, 4.69) is 0 Å². The molecule has 1 aromatic carbocycles. The van der Waals surface area contributed by atoms with E-state index >= 15 is 0 Å². The van der Waals surface area contributed by atoms with Gasteiger partial charge in [0.2, 0.25) is 0 Å². The third kappa shape index (κ3) is 2.44. The summed E-state index contributed by atoms with van der Waals surface area (Å²) >= 11 is 0. The molecule has 16 heavy (non-hydrogen) atoms. The summed E-state index contributed by atoms with van der Waals surface area (Å²) in [6, 6.07) is 9.84. The van der Waals surface area contributed by atoms with Crippen molar-refractivity contribution < 1.29 is 9.15 Å². The molecule has 0 aliphatic rings. The molecular weight excluding hydrogens is 202 g/mol. The molecule has 0 aliphatic heterocycles. The summed E-state index contributed by atoms with van der Waals surface area (Å²) in [4.78, 5) is 0. The maximum Gasteiger partial charge on any atom is 0.123 e. The van der Waals surface area contributed by atoms with E-state index in [1.165, 1.54) is 5.56 Å². The molecule has 0 amide bonds. The van der Waals surface area contributed by atoms with Gasteiger partial charge in [0, 0.05) is 5.56 Å². The number of hydrogen-bond donors (Lipinski definition) is 1. The molecule has 0 saturated heterocycles. The monoisotopic (exact) mass is 217 g/mol. The van der Waals surface area contributed by atoms with Crippen LogP contribution in [0.2, 0.25) is 0 Å². The van der Waals surface area contributed by atoms with E-state index in [9.17, 15) is 0 Å². The second-order valence-corrected chi connectivity index (χ2v) is 3.67. The molecule has 0 atom stereocenters. The number of ether oxygens (including phenoxy) is 1. The Hall–Kier alpha value is -1.74. The van der Waals surface area contributed by atoms with Crippen molar-refractivity contribution in [2.24, 2.45) is 5.73 Å². The molecule has 0 aliphatic carbocycles. The van der Waals surface area contributed by atoms with Gasteiger partial charge in [-0.25, -0.2) is 0 Å². The number of nitrogens with two attached hydrogens (primary N) is 1. The number of furan rings is 1. The number of hydrogen-bond acceptors (Lipinski definition) is 3. The summed E-state index contributed by atoms with van der Waals surface area (Å²) in [5.41, 5.74) is 7.76. The highest BCUT2D eigenvalue weighted by Gasteiger charge is 2.04. The van der Waals surface area contributed by atoms with Crippen LogP contribution in [0.3, 0.4) is 0 Å². The number of aryl methyl sites for hydroxylation is 1. The van der Waals surface area contributed by atoms with Gasteiger partial charge >= 0.3 is 0 Å². The zero-order chi connectivity index (χ0) is 11.4. The first-order valence-electron chi connectivity index (χ1n) is 5.24. The predicted molar refractivity (Wildman–Crippen MR) is 62.1 cm³/mol. The molecule has 3 nitrogen and oxygen atoms in total. The van der Waals surface area contributed by atoms with E-state index < -0.39 is 0 Å². The van der Waals surface area contributed by atoms with Gasteiger partial charge in [-0.05, 0) is 25.1 Å². The maximum atomic E-state index is 5.63. The average Bonchev–Trinajstić information content (AvgIpc) is 2.76. The first-order valence-corrected chi connectivity index (χ1v) is 5.24. The van der Waals surface area contributed by atoms with E-state index in [1.54, 1.807) is 6.26 Å². The molecule has 0 saturated carbocycles. The van der Waals surface area contributed by atoms with Gasteiger partial charge in [0.15, 0.2) is 0 Å². The molecule has 0 bridgehead atoms. The van der Waals surface area contributed by atoms with Gasteiger partial charge in [-0.2, -0.15) is 0 Å². The Morgan fingerprint density at radius 3 is 2.62 bits per heavy atom. The Morgan fingerprint density at radius 1 is 1.19 bits per heavy atom. The van der Waals surface area contributed by atoms with Crippen molar-refractivity contribution >= 4 is 0 Å². The summed E-state index contributed by atoms with van der Waals surface area (Å²) < 4.78 is 10.8. The van der Waals surface area contributed by atoms with Crippen LogP contribution in [0.4, 0.5) is 0 Å². The van der Waals surface area contributed by atoms with Crippen LogP contribution in [0.25, 0.3) is 0 Å². The van der Waals surface area contributed by atoms with E-state index in [0.29, 0.717) is 13.2 Å². The van der Waals surface area contributed by atoms with Gasteiger partial charge < -0.3 is 14.9 Å². The van der Waals surface area contributed by atoms with Crippen molar-refractivity contribution in [3.05, 3.63) is 53.5 Å². The van der Waals surface area contributed by atoms with Crippen LogP contribution in [0.1, 0.15) is 16.9 Å². The minimum Gasteiger partial charge on any atom is -0.489 e. The summed E-state index contributed by atoms with van der Waals surface area (Å²) in [6.07, 6.45) is 1.63. The fraction of sp³-hybridized carbons (Fsp3) is 0.231. The summed E-state index contributed by atoms with van der Waals surface area (Å²) in [5.74, 6) is 1.64. The molecule has 2 aromatic rings. The lowest BCUT2D eigenvalue weighted by molar-refractivity contribution is 0.302. The lowest BCUT2D eigenvalue weighted by atomic mass is 10.2. The summed E-state index contributed by atoms with van der Waals surface area (Å²) in [5, 5.41) is 0. The summed E-state index contributed by atoms with van der Waals surface area (Å²) in [7, 11) is 0. The van der Waals surface area contributed by atoms with Crippen LogP contribution >= 0.6 is 0 Å². The second kappa shape index (κ2) is 4.86. The van der Waals surface area contributed by atoms with Gasteiger partial charge in [-0.1, -0.05) is 17.7 Å². The van der Waals surface area contributed by atoms with E-state index in [4.69, 9.17) is 14.9 Å². The second-order valence-electron chi connectivity index (χ2n) is 3.67. The third-order valence-corrected chi connectivity index (χ3v) is 2.44. The van der Waals surface area contributed by atoms with Gasteiger partial charge in [0.05, 0.1) is 12.8 Å². The Balaban J connectivity index is 1.99. The van der Waals surface area contributed by atoms with Crippen LogP contribution in [0, 0.1) is 6.92 Å². The van der Waals surface area contributed by atoms with Gasteiger partial charge in [-0.15, -0.1) is 0 Å². The molecule has 3 heteroatoms. The molecule has 0 radical (unpaired) electrons. The van der Waals surface area contributed by atoms with Crippen molar-refractivity contribution in [1.29, 1.82) is 0 Å². The number of rotatable bonds is 4. The molecule has 84 valence electrons. The van der Waals surface area contributed by atoms with E-state index in [-0.39, 0.29) is 0 Å². The van der Waals surface area contributed by atoms with Crippen LogP contribution in [0.15, 0.2) is 41.0 Å². The van der Waals surface area contributed by atoms with Crippen molar-refractivity contribution in [3.63, 3.8) is 0 Å². The highest BCUT2D eigenvalue weighted by atomic mass is 16.5. The standard InChI is InChI=1S/C13H15NO2/c1-10-2-4-12(5-3-10)16-9-11-6-7-15-13(11)8-14/h2-7H,8-9,14H2,1H3. The van der Waals surface area contributed by atoms with Gasteiger partial charge in [0.1, 0.15) is 18.1 Å². The Bertz CT molecular complexity index is 445. The third-order valence-electron chi connectivity index (χ3n) is 2.44. The largest absolute Gasteiger partial charge is 0.489 e. The smallest absolute Gasteiger partial charge is 0.123 e. The van der Waals surface area contributed by atoms with E-state index in [0.717, 1.165) is 17.1 Å². The topological polar surface area (TPSA) is 48.4 Å². The highest BCUT2D eigenvalue weighted by Crippen LogP contribution is 2.16. The van der Waals surface area contributed by atoms with Crippen LogP contribution in [-0.2, 0) is 13.2 Å². The van der Waals surface area contributed by atoms with Crippen molar-refractivity contribution in [2.45, 2.75) is 20.1 Å². The summed E-state index contributed by atoms with van der Waals surface area (Å²) in [6.45, 7) is 2.94. The zero-order valence-corrected chi connectivity index (χ0v) is 9.27. The van der Waals surface area contributed by atoms with Crippen molar-refractivity contribution in [2.75, 3.05) is 0 Å². The lowest BCUT2D eigenvalue weighted by Gasteiger charge is -2.05. The van der Waals surface area contributed by atoms with Gasteiger partial charge in [0.25, 0.3) is 0 Å². The molecular formula is C13H15NO2. The van der Waals surface area contributed by atoms with Crippen molar-refractivity contribution in [1.82, 2.24) is 0 Å². The van der Waals surface area contributed by atoms with Crippen LogP contribution in [0.5, 0.6) is 5.75 Å². The fourth-order valence-corrected chi connectivity index (χ4v) is 1.47. The molecule has 2 rings (SSSR count). The molecule has 0 unspecified atom stereocenters. The molecule has 0 fully saturated rings. The minimum atomic E-state index is 0.402. The number of benzene rings is 1. The molecule has 1 aromatic heterocycles. The Kier molecular flexibility index (Phi) is 3.27. The molecule has 1 heterocycles. The quantitative estimate of drug-likeness (QED) is 0.856. The van der Waals surface area contributed by atoms with Crippen LogP contribution in [-0.4, -0.2) is 0 Å².